The van der Waals surface area contributed by atoms with Gasteiger partial charge in [0.15, 0.2) is 23.3 Å². The molecule has 202 valence electrons. The number of anilines is 1. The Bertz CT molecular complexity index is 1380. The molecule has 0 saturated carbocycles. The molecule has 0 heterocycles. The minimum absolute atomic E-state index is 0.0921. The number of nitrogens with one attached hydrogen (secondary N) is 1. The number of hydrogen-bond acceptors (Lipinski definition) is 5. The summed E-state index contributed by atoms with van der Waals surface area (Å²) in [5.74, 6) is -12.1. The molecule has 0 spiro atoms. The molecule has 0 aliphatic heterocycles. The molecule has 0 atom stereocenters. The zero-order chi connectivity index (χ0) is 28.4. The Kier molecular flexibility index (Phi) is 8.42. The second kappa shape index (κ2) is 11.2. The summed E-state index contributed by atoms with van der Waals surface area (Å²) in [6, 6.07) is 9.33. The van der Waals surface area contributed by atoms with Crippen LogP contribution in [-0.2, 0) is 35.2 Å². The normalized spacial score (nSPS) is 11.4. The predicted molar refractivity (Wildman–Crippen MR) is 123 cm³/mol. The first-order valence-corrected chi connectivity index (χ1v) is 10.8. The van der Waals surface area contributed by atoms with Crippen molar-refractivity contribution in [2.24, 2.45) is 11.5 Å². The van der Waals surface area contributed by atoms with Crippen molar-refractivity contribution in [3.63, 3.8) is 0 Å². The van der Waals surface area contributed by atoms with Gasteiger partial charge in [0.1, 0.15) is 11.3 Å². The van der Waals surface area contributed by atoms with Crippen molar-refractivity contribution in [1.29, 1.82) is 0 Å². The summed E-state index contributed by atoms with van der Waals surface area (Å²) in [6.45, 7) is 0.0468. The van der Waals surface area contributed by atoms with Gasteiger partial charge in [0.25, 0.3) is 0 Å². The van der Waals surface area contributed by atoms with Crippen LogP contribution in [0.25, 0.3) is 11.1 Å². The second-order valence-electron chi connectivity index (χ2n) is 7.99. The molecule has 3 rings (SSSR count). The lowest BCUT2D eigenvalue weighted by atomic mass is 9.93. The Morgan fingerprint density at radius 1 is 0.868 bits per heavy atom. The fraction of sp³-hybridized carbons (Fsp3) is 0.200. The van der Waals surface area contributed by atoms with E-state index in [1.807, 2.05) is 0 Å². The van der Waals surface area contributed by atoms with Crippen LogP contribution in [0, 0.1) is 23.3 Å². The zero-order valence-corrected chi connectivity index (χ0v) is 19.6. The van der Waals surface area contributed by atoms with Crippen molar-refractivity contribution in [2.75, 3.05) is 12.4 Å². The molecule has 3 aromatic carbocycles. The number of alkyl halides is 3. The summed E-state index contributed by atoms with van der Waals surface area (Å²) in [5, 5.41) is 1.59. The smallest absolute Gasteiger partial charge is 0.422 e. The van der Waals surface area contributed by atoms with Crippen LogP contribution in [0.15, 0.2) is 36.4 Å². The summed E-state index contributed by atoms with van der Waals surface area (Å²) >= 11 is 0. The number of nitrogens with two attached hydrogens (primary N) is 2. The van der Waals surface area contributed by atoms with Crippen molar-refractivity contribution >= 4 is 17.6 Å². The molecule has 0 aromatic heterocycles. The van der Waals surface area contributed by atoms with Crippen LogP contribution in [0.3, 0.4) is 0 Å². The number of esters is 1. The average Bonchev–Trinajstić information content (AvgIpc) is 2.88. The van der Waals surface area contributed by atoms with E-state index in [1.54, 1.807) is 23.5 Å². The maximum absolute atomic E-state index is 14.2. The first-order valence-electron chi connectivity index (χ1n) is 10.8. The van der Waals surface area contributed by atoms with E-state index in [0.29, 0.717) is 22.3 Å². The van der Waals surface area contributed by atoms with Gasteiger partial charge in [-0.05, 0) is 33.9 Å². The van der Waals surface area contributed by atoms with Crippen LogP contribution in [-0.4, -0.2) is 19.0 Å². The Labute approximate surface area is 211 Å². The fourth-order valence-electron chi connectivity index (χ4n) is 3.75. The Morgan fingerprint density at radius 3 is 2.03 bits per heavy atom. The minimum atomic E-state index is -5.72. The second-order valence-corrected chi connectivity index (χ2v) is 7.99. The lowest BCUT2D eigenvalue weighted by Crippen LogP contribution is -2.21. The van der Waals surface area contributed by atoms with Gasteiger partial charge in [-0.2, -0.15) is 13.2 Å². The van der Waals surface area contributed by atoms with E-state index >= 15 is 0 Å². The number of halogens is 7. The fourth-order valence-corrected chi connectivity index (χ4v) is 3.75. The molecule has 0 aliphatic rings. The molecule has 0 unspecified atom stereocenters. The van der Waals surface area contributed by atoms with Gasteiger partial charge in [0.2, 0.25) is 5.91 Å². The van der Waals surface area contributed by atoms with E-state index in [0.717, 1.165) is 0 Å². The van der Waals surface area contributed by atoms with Gasteiger partial charge in [-0.1, -0.05) is 30.3 Å². The third-order valence-corrected chi connectivity index (χ3v) is 5.62. The molecular formula is C25H20F7N3O3. The third kappa shape index (κ3) is 5.63. The summed E-state index contributed by atoms with van der Waals surface area (Å²) < 4.78 is 99.5. The van der Waals surface area contributed by atoms with Gasteiger partial charge in [-0.25, -0.2) is 22.4 Å². The van der Waals surface area contributed by atoms with Crippen molar-refractivity contribution in [3.05, 3.63) is 87.5 Å². The van der Waals surface area contributed by atoms with E-state index in [-0.39, 0.29) is 24.2 Å². The molecule has 3 aromatic rings. The first kappa shape index (κ1) is 28.6. The summed E-state index contributed by atoms with van der Waals surface area (Å²) in [5.41, 5.74) is 9.06. The highest BCUT2D eigenvalue weighted by atomic mass is 19.4. The number of amides is 1. The maximum atomic E-state index is 14.2. The Hall–Kier alpha value is -3.97. The van der Waals surface area contributed by atoms with E-state index in [4.69, 9.17) is 16.2 Å². The molecule has 38 heavy (non-hydrogen) atoms. The standard InChI is InChI=1S/C25H20F7N3O3/c1-38-24(37)16-6-11(9-33)2-5-15(16)12-3-4-13(10-34)14(7-12)8-17(36)35-23-21(28)19(26)18(25(30,31)32)20(27)22(23)29/h2-7H,8-10,33-34H2,1H3,(H,35,36). The van der Waals surface area contributed by atoms with Gasteiger partial charge in [0.05, 0.1) is 19.1 Å². The van der Waals surface area contributed by atoms with Crippen LogP contribution in [0.1, 0.15) is 32.6 Å². The van der Waals surface area contributed by atoms with Crippen molar-refractivity contribution in [1.82, 2.24) is 0 Å². The molecule has 13 heteroatoms. The Morgan fingerprint density at radius 2 is 1.50 bits per heavy atom. The summed E-state index contributed by atoms with van der Waals surface area (Å²) in [6.07, 6.45) is -6.36. The highest BCUT2D eigenvalue weighted by molar-refractivity contribution is 5.98. The summed E-state index contributed by atoms with van der Waals surface area (Å²) in [7, 11) is 1.18. The van der Waals surface area contributed by atoms with Gasteiger partial charge >= 0.3 is 12.1 Å². The van der Waals surface area contributed by atoms with Crippen molar-refractivity contribution in [2.45, 2.75) is 25.7 Å². The van der Waals surface area contributed by atoms with Crippen LogP contribution in [0.4, 0.5) is 36.4 Å². The number of hydrogen-bond donors (Lipinski definition) is 3. The lowest BCUT2D eigenvalue weighted by Gasteiger charge is -2.16. The van der Waals surface area contributed by atoms with Crippen LogP contribution < -0.4 is 16.8 Å². The quantitative estimate of drug-likeness (QED) is 0.225. The first-order chi connectivity index (χ1) is 17.8. The van der Waals surface area contributed by atoms with Crippen LogP contribution in [0.2, 0.25) is 0 Å². The Balaban J connectivity index is 2.00. The number of methoxy groups -OCH3 is 1. The SMILES string of the molecule is COC(=O)c1cc(CN)ccc1-c1ccc(CN)c(CC(=O)Nc2c(F)c(F)c(C(F)(F)F)c(F)c2F)c1. The predicted octanol–water partition coefficient (Wildman–Crippen LogP) is 4.81. The van der Waals surface area contributed by atoms with E-state index in [2.05, 4.69) is 0 Å². The third-order valence-electron chi connectivity index (χ3n) is 5.62. The molecule has 0 aliphatic carbocycles. The summed E-state index contributed by atoms with van der Waals surface area (Å²) in [4.78, 5) is 24.9. The van der Waals surface area contributed by atoms with Crippen molar-refractivity contribution < 1.29 is 45.1 Å². The number of carbonyl (C=O) groups excluding carboxylic acids is 2. The molecular weight excluding hydrogens is 523 g/mol. The molecule has 0 radical (unpaired) electrons. The monoisotopic (exact) mass is 543 g/mol. The number of carbonyl (C=O) groups is 2. The lowest BCUT2D eigenvalue weighted by molar-refractivity contribution is -0.143. The van der Waals surface area contributed by atoms with Gasteiger partial charge in [-0.15, -0.1) is 0 Å². The highest BCUT2D eigenvalue weighted by Crippen LogP contribution is 2.38. The largest absolute Gasteiger partial charge is 0.465 e. The topological polar surface area (TPSA) is 107 Å². The molecule has 0 bridgehead atoms. The maximum Gasteiger partial charge on any atom is 0.422 e. The molecule has 5 N–H and O–H groups in total. The van der Waals surface area contributed by atoms with Crippen LogP contribution in [0.5, 0.6) is 0 Å². The van der Waals surface area contributed by atoms with Gasteiger partial charge in [-0.3, -0.25) is 4.79 Å². The van der Waals surface area contributed by atoms with E-state index in [9.17, 15) is 40.3 Å². The van der Waals surface area contributed by atoms with Gasteiger partial charge < -0.3 is 21.5 Å². The van der Waals surface area contributed by atoms with Crippen LogP contribution >= 0.6 is 0 Å². The highest BCUT2D eigenvalue weighted by Gasteiger charge is 2.42. The van der Waals surface area contributed by atoms with E-state index in [1.165, 1.54) is 25.3 Å². The molecule has 0 saturated heterocycles. The molecule has 6 nitrogen and oxygen atoms in total. The average molecular weight is 543 g/mol. The van der Waals surface area contributed by atoms with Crippen molar-refractivity contribution in [3.8, 4) is 11.1 Å². The minimum Gasteiger partial charge on any atom is -0.465 e. The number of rotatable bonds is 7. The molecule has 1 amide bonds. The zero-order valence-electron chi connectivity index (χ0n) is 19.6. The van der Waals surface area contributed by atoms with Gasteiger partial charge in [0, 0.05) is 13.1 Å². The van der Waals surface area contributed by atoms with E-state index < -0.39 is 59.0 Å². The number of ether oxygens (including phenoxy) is 1. The molecule has 0 fully saturated rings. The number of benzene rings is 3.